The topological polar surface area (TPSA) is 71.8 Å². The number of anilines is 2. The number of carbonyl (C=O) groups excluding carboxylic acids is 1. The fraction of sp³-hybridized carbons (Fsp3) is 0.148. The van der Waals surface area contributed by atoms with Crippen molar-refractivity contribution in [1.29, 1.82) is 0 Å². The van der Waals surface area contributed by atoms with Crippen molar-refractivity contribution in [2.24, 2.45) is 0 Å². The average molecular weight is 504 g/mol. The molecule has 4 aromatic rings. The first-order valence-corrected chi connectivity index (χ1v) is 12.3. The van der Waals surface area contributed by atoms with E-state index in [9.17, 15) is 13.6 Å². The Morgan fingerprint density at radius 3 is 2.50 bits per heavy atom. The van der Waals surface area contributed by atoms with Gasteiger partial charge in [0.2, 0.25) is 11.1 Å². The lowest BCUT2D eigenvalue weighted by Crippen LogP contribution is -2.31. The van der Waals surface area contributed by atoms with Gasteiger partial charge in [0, 0.05) is 17.1 Å². The van der Waals surface area contributed by atoms with E-state index in [1.807, 2.05) is 31.2 Å². The maximum absolute atomic E-state index is 14.1. The number of hydrogen-bond donors (Lipinski definition) is 2. The first kappa shape index (κ1) is 23.7. The lowest BCUT2D eigenvalue weighted by atomic mass is 9.95. The van der Waals surface area contributed by atoms with Gasteiger partial charge in [0.1, 0.15) is 17.7 Å². The molecule has 5 rings (SSSR count). The number of halogens is 2. The molecule has 36 heavy (non-hydrogen) atoms. The van der Waals surface area contributed by atoms with Gasteiger partial charge >= 0.3 is 0 Å². The van der Waals surface area contributed by atoms with Gasteiger partial charge < -0.3 is 10.6 Å². The zero-order valence-electron chi connectivity index (χ0n) is 19.6. The minimum atomic E-state index is -0.638. The second kappa shape index (κ2) is 9.94. The Kier molecular flexibility index (Phi) is 6.56. The molecule has 1 aliphatic heterocycles. The van der Waals surface area contributed by atoms with Gasteiger partial charge in [-0.2, -0.15) is 4.98 Å². The normalized spacial score (nSPS) is 14.8. The summed E-state index contributed by atoms with van der Waals surface area (Å²) in [6.45, 7) is 3.72. The molecule has 1 aliphatic rings. The molecule has 3 aromatic carbocycles. The highest BCUT2D eigenvalue weighted by atomic mass is 32.2. The summed E-state index contributed by atoms with van der Waals surface area (Å²) in [5, 5.41) is 11.2. The molecule has 0 aliphatic carbocycles. The number of carbonyl (C=O) groups is 1. The fourth-order valence-electron chi connectivity index (χ4n) is 4.10. The molecule has 1 aromatic heterocycles. The number of allylic oxidation sites excluding steroid dienone is 1. The number of rotatable bonds is 6. The Bertz CT molecular complexity index is 1470. The van der Waals surface area contributed by atoms with Crippen LogP contribution in [0, 0.1) is 18.6 Å². The molecule has 182 valence electrons. The number of nitrogens with one attached hydrogen (secondary N) is 2. The highest BCUT2D eigenvalue weighted by molar-refractivity contribution is 7.98. The number of thioether (sulfide) groups is 1. The van der Waals surface area contributed by atoms with Gasteiger partial charge in [0.25, 0.3) is 5.91 Å². The van der Waals surface area contributed by atoms with Crippen molar-refractivity contribution in [1.82, 2.24) is 14.8 Å². The van der Waals surface area contributed by atoms with Crippen LogP contribution in [0.4, 0.5) is 20.4 Å². The van der Waals surface area contributed by atoms with Gasteiger partial charge in [0.05, 0.1) is 5.57 Å². The van der Waals surface area contributed by atoms with Crippen LogP contribution in [0.3, 0.4) is 0 Å². The van der Waals surface area contributed by atoms with E-state index in [-0.39, 0.29) is 17.5 Å². The summed E-state index contributed by atoms with van der Waals surface area (Å²) >= 11 is 1.29. The predicted molar refractivity (Wildman–Crippen MR) is 137 cm³/mol. The van der Waals surface area contributed by atoms with Crippen molar-refractivity contribution in [2.75, 3.05) is 10.6 Å². The van der Waals surface area contributed by atoms with Crippen molar-refractivity contribution >= 4 is 29.3 Å². The second-order valence-electron chi connectivity index (χ2n) is 8.43. The van der Waals surface area contributed by atoms with Gasteiger partial charge in [-0.15, -0.1) is 5.10 Å². The SMILES string of the molecule is CC1=C(C(=O)Nc2ccccc2C)C(c2ccc(F)cc2)n2nc(SCc3ccccc3F)nc2N1. The van der Waals surface area contributed by atoms with Crippen molar-refractivity contribution in [3.63, 3.8) is 0 Å². The van der Waals surface area contributed by atoms with Crippen LogP contribution in [-0.2, 0) is 10.5 Å². The summed E-state index contributed by atoms with van der Waals surface area (Å²) in [4.78, 5) is 18.1. The van der Waals surface area contributed by atoms with Crippen molar-refractivity contribution in [2.45, 2.75) is 30.8 Å². The van der Waals surface area contributed by atoms with Crippen LogP contribution in [0.15, 0.2) is 89.2 Å². The molecule has 0 fully saturated rings. The summed E-state index contributed by atoms with van der Waals surface area (Å²) in [7, 11) is 0. The number of amides is 1. The van der Waals surface area contributed by atoms with Crippen molar-refractivity contribution in [3.8, 4) is 0 Å². The van der Waals surface area contributed by atoms with Crippen LogP contribution < -0.4 is 10.6 Å². The van der Waals surface area contributed by atoms with Gasteiger partial charge in [-0.25, -0.2) is 13.5 Å². The summed E-state index contributed by atoms with van der Waals surface area (Å²) in [6, 6.07) is 19.4. The van der Waals surface area contributed by atoms with Crippen molar-refractivity contribution < 1.29 is 13.6 Å². The van der Waals surface area contributed by atoms with Gasteiger partial charge in [-0.3, -0.25) is 4.79 Å². The third-order valence-electron chi connectivity index (χ3n) is 5.97. The summed E-state index contributed by atoms with van der Waals surface area (Å²) in [5.74, 6) is -0.163. The summed E-state index contributed by atoms with van der Waals surface area (Å²) < 4.78 is 29.4. The van der Waals surface area contributed by atoms with E-state index in [0.29, 0.717) is 44.9 Å². The standard InChI is InChI=1S/C27H23F2N5OS/c1-16-7-3-6-10-22(16)31-25(35)23-17(2)30-26-32-27(36-15-19-8-4-5-9-21(19)29)33-34(26)24(23)18-11-13-20(28)14-12-18/h3-14,24H,15H2,1-2H3,(H,31,35)(H,30,32,33). The van der Waals surface area contributed by atoms with E-state index >= 15 is 0 Å². The average Bonchev–Trinajstić information content (AvgIpc) is 3.27. The van der Waals surface area contributed by atoms with Gasteiger partial charge in [-0.05, 0) is 54.8 Å². The molecule has 0 radical (unpaired) electrons. The maximum Gasteiger partial charge on any atom is 0.255 e. The van der Waals surface area contributed by atoms with Gasteiger partial charge in [-0.1, -0.05) is 60.3 Å². The summed E-state index contributed by atoms with van der Waals surface area (Å²) in [5.41, 5.74) is 3.91. The molecule has 1 atom stereocenters. The third-order valence-corrected chi connectivity index (χ3v) is 6.86. The molecule has 2 heterocycles. The van der Waals surface area contributed by atoms with Gasteiger partial charge in [0.15, 0.2) is 0 Å². The zero-order chi connectivity index (χ0) is 25.2. The van der Waals surface area contributed by atoms with Crippen LogP contribution in [-0.4, -0.2) is 20.7 Å². The highest BCUT2D eigenvalue weighted by Crippen LogP contribution is 2.37. The predicted octanol–water partition coefficient (Wildman–Crippen LogP) is 6.08. The number of hydrogen-bond acceptors (Lipinski definition) is 5. The van der Waals surface area contributed by atoms with E-state index in [1.165, 1.54) is 30.0 Å². The third kappa shape index (κ3) is 4.74. The lowest BCUT2D eigenvalue weighted by Gasteiger charge is -2.28. The Morgan fingerprint density at radius 1 is 1.03 bits per heavy atom. The van der Waals surface area contributed by atoms with E-state index in [1.54, 1.807) is 41.9 Å². The Labute approximate surface area is 211 Å². The Balaban J connectivity index is 1.50. The van der Waals surface area contributed by atoms with Crippen LogP contribution in [0.2, 0.25) is 0 Å². The molecule has 2 N–H and O–H groups in total. The smallest absolute Gasteiger partial charge is 0.255 e. The molecule has 0 spiro atoms. The molecule has 1 unspecified atom stereocenters. The van der Waals surface area contributed by atoms with E-state index in [0.717, 1.165) is 5.56 Å². The molecular formula is C27H23F2N5OS. The Morgan fingerprint density at radius 2 is 1.75 bits per heavy atom. The molecular weight excluding hydrogens is 480 g/mol. The van der Waals surface area contributed by atoms with E-state index in [4.69, 9.17) is 0 Å². The molecule has 9 heteroatoms. The molecule has 0 bridgehead atoms. The number of benzene rings is 3. The van der Waals surface area contributed by atoms with E-state index in [2.05, 4.69) is 20.7 Å². The molecule has 0 saturated carbocycles. The van der Waals surface area contributed by atoms with Crippen LogP contribution >= 0.6 is 11.8 Å². The lowest BCUT2D eigenvalue weighted by molar-refractivity contribution is -0.113. The quantitative estimate of drug-likeness (QED) is 0.312. The molecule has 6 nitrogen and oxygen atoms in total. The zero-order valence-corrected chi connectivity index (χ0v) is 20.4. The summed E-state index contributed by atoms with van der Waals surface area (Å²) in [6.07, 6.45) is 0. The first-order valence-electron chi connectivity index (χ1n) is 11.3. The van der Waals surface area contributed by atoms with Crippen molar-refractivity contribution in [3.05, 3.63) is 112 Å². The second-order valence-corrected chi connectivity index (χ2v) is 9.37. The number of para-hydroxylation sites is 1. The number of aromatic nitrogens is 3. The van der Waals surface area contributed by atoms with Crippen LogP contribution in [0.25, 0.3) is 0 Å². The molecule has 0 saturated heterocycles. The van der Waals surface area contributed by atoms with Crippen LogP contribution in [0.1, 0.15) is 29.7 Å². The minimum Gasteiger partial charge on any atom is -0.328 e. The van der Waals surface area contributed by atoms with Crippen LogP contribution in [0.5, 0.6) is 0 Å². The monoisotopic (exact) mass is 503 g/mol. The molecule has 1 amide bonds. The number of aryl methyl sites for hydroxylation is 1. The Hall–Kier alpha value is -3.98. The number of fused-ring (bicyclic) bond motifs is 1. The highest BCUT2D eigenvalue weighted by Gasteiger charge is 2.34. The fourth-order valence-corrected chi connectivity index (χ4v) is 4.92. The first-order chi connectivity index (χ1) is 17.4. The van der Waals surface area contributed by atoms with E-state index < -0.39 is 6.04 Å². The number of nitrogens with zero attached hydrogens (tertiary/aromatic N) is 3. The maximum atomic E-state index is 14.1. The largest absolute Gasteiger partial charge is 0.328 e. The minimum absolute atomic E-state index is 0.288.